The average molecular weight is 394 g/mol. The number of hydrogen-bond donors (Lipinski definition) is 1. The number of pyridine rings is 2. The van der Waals surface area contributed by atoms with Crippen LogP contribution in [0.3, 0.4) is 0 Å². The number of anilines is 1. The summed E-state index contributed by atoms with van der Waals surface area (Å²) in [6.07, 6.45) is 1.69. The van der Waals surface area contributed by atoms with Gasteiger partial charge in [-0.15, -0.1) is 0 Å². The third kappa shape index (κ3) is 3.63. The molecule has 0 fully saturated rings. The van der Waals surface area contributed by atoms with Gasteiger partial charge in [0.15, 0.2) is 0 Å². The van der Waals surface area contributed by atoms with Crippen LogP contribution in [-0.2, 0) is 0 Å². The van der Waals surface area contributed by atoms with Crippen LogP contribution in [0.2, 0.25) is 10.0 Å². The molecule has 0 aliphatic carbocycles. The van der Waals surface area contributed by atoms with Crippen LogP contribution in [0.25, 0.3) is 22.3 Å². The molecule has 132 valence electrons. The molecule has 0 spiro atoms. The number of hydrogen-bond acceptors (Lipinski definition) is 3. The van der Waals surface area contributed by atoms with Crippen molar-refractivity contribution in [3.05, 3.63) is 88.5 Å². The molecule has 27 heavy (non-hydrogen) atoms. The molecule has 6 heteroatoms. The Labute approximate surface area is 165 Å². The van der Waals surface area contributed by atoms with Crippen molar-refractivity contribution in [1.82, 2.24) is 9.97 Å². The highest BCUT2D eigenvalue weighted by Gasteiger charge is 2.15. The molecule has 0 saturated carbocycles. The Balaban J connectivity index is 1.81. The van der Waals surface area contributed by atoms with Crippen LogP contribution in [0.1, 0.15) is 10.4 Å². The number of rotatable bonds is 3. The molecule has 0 saturated heterocycles. The standard InChI is InChI=1S/C21H13Cl2N3O/c22-13-8-9-18(16(23)11-13)26-21(27)15-12-20(19-7-3-4-10-24-19)25-17-6-2-1-5-14(15)17/h1-12H,(H,26,27). The minimum atomic E-state index is -0.282. The van der Waals surface area contributed by atoms with Crippen molar-refractivity contribution >= 4 is 45.7 Å². The summed E-state index contributed by atoms with van der Waals surface area (Å²) in [5.74, 6) is -0.282. The summed E-state index contributed by atoms with van der Waals surface area (Å²) in [6.45, 7) is 0. The average Bonchev–Trinajstić information content (AvgIpc) is 2.70. The minimum absolute atomic E-state index is 0.282. The smallest absolute Gasteiger partial charge is 0.256 e. The van der Waals surface area contributed by atoms with Crippen LogP contribution in [0.4, 0.5) is 5.69 Å². The zero-order valence-corrected chi connectivity index (χ0v) is 15.5. The Kier molecular flexibility index (Phi) is 4.75. The van der Waals surface area contributed by atoms with Crippen LogP contribution in [0.5, 0.6) is 0 Å². The number of amides is 1. The van der Waals surface area contributed by atoms with Crippen molar-refractivity contribution in [1.29, 1.82) is 0 Å². The van der Waals surface area contributed by atoms with E-state index in [0.717, 1.165) is 5.39 Å². The van der Waals surface area contributed by atoms with Gasteiger partial charge < -0.3 is 5.32 Å². The van der Waals surface area contributed by atoms with Gasteiger partial charge in [-0.3, -0.25) is 9.78 Å². The first-order valence-electron chi connectivity index (χ1n) is 8.19. The fourth-order valence-electron chi connectivity index (χ4n) is 2.79. The van der Waals surface area contributed by atoms with E-state index in [2.05, 4.69) is 15.3 Å². The third-order valence-electron chi connectivity index (χ3n) is 4.07. The molecule has 0 atom stereocenters. The SMILES string of the molecule is O=C(Nc1ccc(Cl)cc1Cl)c1cc(-c2ccccn2)nc2ccccc12. The van der Waals surface area contributed by atoms with E-state index in [4.69, 9.17) is 23.2 Å². The molecule has 0 unspecified atom stereocenters. The fraction of sp³-hybridized carbons (Fsp3) is 0. The highest BCUT2D eigenvalue weighted by atomic mass is 35.5. The van der Waals surface area contributed by atoms with E-state index in [1.165, 1.54) is 0 Å². The molecule has 4 nitrogen and oxygen atoms in total. The zero-order valence-electron chi connectivity index (χ0n) is 14.0. The van der Waals surface area contributed by atoms with Gasteiger partial charge in [0, 0.05) is 16.6 Å². The Hall–Kier alpha value is -2.95. The number of fused-ring (bicyclic) bond motifs is 1. The predicted molar refractivity (Wildman–Crippen MR) is 109 cm³/mol. The van der Waals surface area contributed by atoms with Crippen LogP contribution < -0.4 is 5.32 Å². The van der Waals surface area contributed by atoms with Gasteiger partial charge in [0.25, 0.3) is 5.91 Å². The van der Waals surface area contributed by atoms with Crippen LogP contribution >= 0.6 is 23.2 Å². The maximum absolute atomic E-state index is 13.0. The second kappa shape index (κ2) is 7.35. The van der Waals surface area contributed by atoms with E-state index < -0.39 is 0 Å². The molecule has 2 aromatic heterocycles. The summed E-state index contributed by atoms with van der Waals surface area (Å²) in [6, 6.07) is 19.7. The van der Waals surface area contributed by atoms with Crippen molar-refractivity contribution in [3.63, 3.8) is 0 Å². The molecule has 4 aromatic rings. The highest BCUT2D eigenvalue weighted by molar-refractivity contribution is 6.37. The van der Waals surface area contributed by atoms with Crippen molar-refractivity contribution in [2.45, 2.75) is 0 Å². The molecule has 0 aliphatic rings. The van der Waals surface area contributed by atoms with Gasteiger partial charge in [-0.2, -0.15) is 0 Å². The summed E-state index contributed by atoms with van der Waals surface area (Å²) < 4.78 is 0. The van der Waals surface area contributed by atoms with Crippen molar-refractivity contribution in [2.24, 2.45) is 0 Å². The molecule has 0 bridgehead atoms. The molecular weight excluding hydrogens is 381 g/mol. The number of nitrogens with zero attached hydrogens (tertiary/aromatic N) is 2. The highest BCUT2D eigenvalue weighted by Crippen LogP contribution is 2.28. The Morgan fingerprint density at radius 2 is 1.70 bits per heavy atom. The molecule has 2 aromatic carbocycles. The fourth-order valence-corrected chi connectivity index (χ4v) is 3.24. The zero-order chi connectivity index (χ0) is 18.8. The first-order valence-corrected chi connectivity index (χ1v) is 8.95. The molecule has 4 rings (SSSR count). The second-order valence-electron chi connectivity index (χ2n) is 5.87. The molecular formula is C21H13Cl2N3O. The largest absolute Gasteiger partial charge is 0.321 e. The number of para-hydroxylation sites is 1. The van der Waals surface area contributed by atoms with Crippen LogP contribution in [-0.4, -0.2) is 15.9 Å². The second-order valence-corrected chi connectivity index (χ2v) is 6.71. The lowest BCUT2D eigenvalue weighted by Gasteiger charge is -2.11. The van der Waals surface area contributed by atoms with E-state index in [0.29, 0.717) is 38.2 Å². The van der Waals surface area contributed by atoms with Gasteiger partial charge in [-0.1, -0.05) is 47.5 Å². The maximum Gasteiger partial charge on any atom is 0.256 e. The first kappa shape index (κ1) is 17.5. The molecule has 0 radical (unpaired) electrons. The van der Waals surface area contributed by atoms with Gasteiger partial charge in [0.1, 0.15) is 0 Å². The Morgan fingerprint density at radius 3 is 2.48 bits per heavy atom. The quantitative estimate of drug-likeness (QED) is 0.474. The monoisotopic (exact) mass is 393 g/mol. The maximum atomic E-state index is 13.0. The summed E-state index contributed by atoms with van der Waals surface area (Å²) in [5.41, 5.74) is 3.02. The first-order chi connectivity index (χ1) is 13.1. The number of carbonyl (C=O) groups is 1. The van der Waals surface area contributed by atoms with Gasteiger partial charge in [-0.05, 0) is 42.5 Å². The summed E-state index contributed by atoms with van der Waals surface area (Å²) >= 11 is 12.1. The number of aromatic nitrogens is 2. The van der Waals surface area contributed by atoms with Crippen LogP contribution in [0, 0.1) is 0 Å². The summed E-state index contributed by atoms with van der Waals surface area (Å²) in [5, 5.41) is 4.48. The van der Waals surface area contributed by atoms with Gasteiger partial charge in [0.2, 0.25) is 0 Å². The lowest BCUT2D eigenvalue weighted by atomic mass is 10.1. The number of halogens is 2. The van der Waals surface area contributed by atoms with Crippen LogP contribution in [0.15, 0.2) is 72.9 Å². The number of benzene rings is 2. The van der Waals surface area contributed by atoms with Gasteiger partial charge in [-0.25, -0.2) is 4.98 Å². The predicted octanol–water partition coefficient (Wildman–Crippen LogP) is 5.86. The topological polar surface area (TPSA) is 54.9 Å². The normalized spacial score (nSPS) is 10.7. The molecule has 1 N–H and O–H groups in total. The minimum Gasteiger partial charge on any atom is -0.321 e. The molecule has 0 aliphatic heterocycles. The van der Waals surface area contributed by atoms with E-state index >= 15 is 0 Å². The van der Waals surface area contributed by atoms with E-state index in [9.17, 15) is 4.79 Å². The van der Waals surface area contributed by atoms with Crippen molar-refractivity contribution in [3.8, 4) is 11.4 Å². The van der Waals surface area contributed by atoms with E-state index in [1.807, 2.05) is 42.5 Å². The number of carbonyl (C=O) groups excluding carboxylic acids is 1. The third-order valence-corrected chi connectivity index (χ3v) is 4.62. The van der Waals surface area contributed by atoms with E-state index in [-0.39, 0.29) is 5.91 Å². The Morgan fingerprint density at radius 1 is 0.889 bits per heavy atom. The van der Waals surface area contributed by atoms with Crippen molar-refractivity contribution < 1.29 is 4.79 Å². The van der Waals surface area contributed by atoms with Gasteiger partial charge >= 0.3 is 0 Å². The molecule has 2 heterocycles. The van der Waals surface area contributed by atoms with Gasteiger partial charge in [0.05, 0.1) is 33.2 Å². The summed E-state index contributed by atoms with van der Waals surface area (Å²) in [4.78, 5) is 22.0. The lowest BCUT2D eigenvalue weighted by Crippen LogP contribution is -2.13. The van der Waals surface area contributed by atoms with E-state index in [1.54, 1.807) is 30.5 Å². The Bertz CT molecular complexity index is 1150. The lowest BCUT2D eigenvalue weighted by molar-refractivity contribution is 0.102. The van der Waals surface area contributed by atoms with Crippen molar-refractivity contribution in [2.75, 3.05) is 5.32 Å². The number of nitrogens with one attached hydrogen (secondary N) is 1. The summed E-state index contributed by atoms with van der Waals surface area (Å²) in [7, 11) is 0. The molecule has 1 amide bonds.